The number of fused-ring (bicyclic) bond motifs is 1. The number of benzene rings is 2. The average Bonchev–Trinajstić information content (AvgIpc) is 2.45. The molecule has 0 bridgehead atoms. The summed E-state index contributed by atoms with van der Waals surface area (Å²) in [6.07, 6.45) is 0. The molecule has 0 aliphatic heterocycles. The first kappa shape index (κ1) is 15.4. The summed E-state index contributed by atoms with van der Waals surface area (Å²) in [5, 5.41) is 6.27. The fourth-order valence-electron chi connectivity index (χ4n) is 2.37. The summed E-state index contributed by atoms with van der Waals surface area (Å²) in [5.74, 6) is 3.14. The van der Waals surface area contributed by atoms with Gasteiger partial charge in [-0.15, -0.1) is 0 Å². The Labute approximate surface area is 127 Å². The van der Waals surface area contributed by atoms with Crippen LogP contribution in [0.15, 0.2) is 42.5 Å². The van der Waals surface area contributed by atoms with Gasteiger partial charge in [0.2, 0.25) is 0 Å². The number of nitrogens with one attached hydrogen (secondary N) is 1. The van der Waals surface area contributed by atoms with Gasteiger partial charge in [0.15, 0.2) is 0 Å². The maximum absolute atomic E-state index is 3.62. The molecule has 2 aromatic rings. The predicted octanol–water partition coefficient (Wildman–Crippen LogP) is 4.88. The van der Waals surface area contributed by atoms with Crippen molar-refractivity contribution in [3.8, 4) is 0 Å². The molecule has 0 aromatic heterocycles. The Kier molecular flexibility index (Phi) is 5.93. The van der Waals surface area contributed by atoms with Gasteiger partial charge in [-0.2, -0.15) is 11.8 Å². The Morgan fingerprint density at radius 3 is 2.45 bits per heavy atom. The molecular formula is C18H25NS. The quantitative estimate of drug-likeness (QED) is 0.779. The van der Waals surface area contributed by atoms with E-state index in [0.717, 1.165) is 18.2 Å². The van der Waals surface area contributed by atoms with Crippen molar-refractivity contribution in [2.24, 2.45) is 5.92 Å². The molecule has 0 aliphatic carbocycles. The Morgan fingerprint density at radius 1 is 1.00 bits per heavy atom. The maximum atomic E-state index is 3.62. The van der Waals surface area contributed by atoms with Gasteiger partial charge in [0, 0.05) is 11.8 Å². The van der Waals surface area contributed by atoms with Crippen LogP contribution in [-0.4, -0.2) is 18.1 Å². The van der Waals surface area contributed by atoms with Crippen molar-refractivity contribution in [3.05, 3.63) is 48.0 Å². The predicted molar refractivity (Wildman–Crippen MR) is 92.5 cm³/mol. The smallest absolute Gasteiger partial charge is 0.0411 e. The highest BCUT2D eigenvalue weighted by Crippen LogP contribution is 2.24. The Morgan fingerprint density at radius 2 is 1.75 bits per heavy atom. The number of thioether (sulfide) groups is 1. The van der Waals surface area contributed by atoms with Gasteiger partial charge < -0.3 is 5.32 Å². The van der Waals surface area contributed by atoms with E-state index in [-0.39, 0.29) is 0 Å². The monoisotopic (exact) mass is 287 g/mol. The first-order chi connectivity index (χ1) is 9.70. The van der Waals surface area contributed by atoms with Gasteiger partial charge in [-0.1, -0.05) is 57.2 Å². The van der Waals surface area contributed by atoms with Gasteiger partial charge in [0.1, 0.15) is 0 Å². The second-order valence-corrected chi connectivity index (χ2v) is 6.72. The van der Waals surface area contributed by atoms with Crippen molar-refractivity contribution in [3.63, 3.8) is 0 Å². The van der Waals surface area contributed by atoms with E-state index in [9.17, 15) is 0 Å². The van der Waals surface area contributed by atoms with E-state index in [0.29, 0.717) is 6.04 Å². The lowest BCUT2D eigenvalue weighted by atomic mass is 10.0. The molecule has 0 aliphatic rings. The molecular weight excluding hydrogens is 262 g/mol. The Balaban J connectivity index is 2.13. The van der Waals surface area contributed by atoms with Gasteiger partial charge in [-0.3, -0.25) is 0 Å². The van der Waals surface area contributed by atoms with Gasteiger partial charge >= 0.3 is 0 Å². The molecule has 1 N–H and O–H groups in total. The second-order valence-electron chi connectivity index (χ2n) is 5.65. The minimum absolute atomic E-state index is 0.452. The molecule has 1 nitrogen and oxygen atoms in total. The molecule has 2 heteroatoms. The van der Waals surface area contributed by atoms with Crippen molar-refractivity contribution in [1.29, 1.82) is 0 Å². The topological polar surface area (TPSA) is 12.0 Å². The molecule has 1 atom stereocenters. The molecule has 0 amide bonds. The van der Waals surface area contributed by atoms with Gasteiger partial charge in [0.05, 0.1) is 0 Å². The van der Waals surface area contributed by atoms with Crippen LogP contribution in [0, 0.1) is 5.92 Å². The Hall–Kier alpha value is -0.990. The van der Waals surface area contributed by atoms with Crippen molar-refractivity contribution in [2.75, 3.05) is 18.1 Å². The summed E-state index contributed by atoms with van der Waals surface area (Å²) in [7, 11) is 0. The highest BCUT2D eigenvalue weighted by molar-refractivity contribution is 7.99. The molecule has 0 fully saturated rings. The molecule has 0 spiro atoms. The summed E-state index contributed by atoms with van der Waals surface area (Å²) in [6, 6.07) is 15.9. The van der Waals surface area contributed by atoms with Crippen LogP contribution in [0.2, 0.25) is 0 Å². The van der Waals surface area contributed by atoms with Crippen molar-refractivity contribution in [2.45, 2.75) is 26.8 Å². The largest absolute Gasteiger partial charge is 0.310 e. The van der Waals surface area contributed by atoms with Gasteiger partial charge in [0.25, 0.3) is 0 Å². The zero-order valence-electron chi connectivity index (χ0n) is 12.7. The fourth-order valence-corrected chi connectivity index (χ4v) is 3.52. The summed E-state index contributed by atoms with van der Waals surface area (Å²) < 4.78 is 0. The van der Waals surface area contributed by atoms with E-state index in [1.54, 1.807) is 0 Å². The van der Waals surface area contributed by atoms with Crippen molar-refractivity contribution in [1.82, 2.24) is 5.32 Å². The van der Waals surface area contributed by atoms with E-state index in [1.807, 2.05) is 11.8 Å². The van der Waals surface area contributed by atoms with Crippen LogP contribution in [0.5, 0.6) is 0 Å². The standard InChI is InChI=1S/C18H25NS/c1-4-19-18(13-20-12-14(2)3)17-10-9-15-7-5-6-8-16(15)11-17/h5-11,14,18-19H,4,12-13H2,1-3H3. The first-order valence-corrected chi connectivity index (χ1v) is 8.66. The summed E-state index contributed by atoms with van der Waals surface area (Å²) in [6.45, 7) is 7.76. The molecule has 1 unspecified atom stereocenters. The third-order valence-corrected chi connectivity index (χ3v) is 4.83. The van der Waals surface area contributed by atoms with E-state index in [2.05, 4.69) is 68.6 Å². The lowest BCUT2D eigenvalue weighted by Crippen LogP contribution is -2.23. The van der Waals surface area contributed by atoms with Crippen LogP contribution in [0.25, 0.3) is 10.8 Å². The second kappa shape index (κ2) is 7.70. The number of hydrogen-bond donors (Lipinski definition) is 1. The highest BCUT2D eigenvalue weighted by Gasteiger charge is 2.11. The molecule has 2 aromatic carbocycles. The maximum Gasteiger partial charge on any atom is 0.0411 e. The molecule has 108 valence electrons. The number of hydrogen-bond acceptors (Lipinski definition) is 2. The molecule has 0 saturated carbocycles. The van der Waals surface area contributed by atoms with Gasteiger partial charge in [-0.25, -0.2) is 0 Å². The minimum Gasteiger partial charge on any atom is -0.310 e. The van der Waals surface area contributed by atoms with E-state index in [1.165, 1.54) is 22.1 Å². The zero-order chi connectivity index (χ0) is 14.4. The SMILES string of the molecule is CCNC(CSCC(C)C)c1ccc2ccccc2c1. The van der Waals surface area contributed by atoms with Crippen LogP contribution in [0.1, 0.15) is 32.4 Å². The minimum atomic E-state index is 0.452. The summed E-state index contributed by atoms with van der Waals surface area (Å²) >= 11 is 2.05. The van der Waals surface area contributed by atoms with E-state index >= 15 is 0 Å². The average molecular weight is 287 g/mol. The summed E-state index contributed by atoms with van der Waals surface area (Å²) in [4.78, 5) is 0. The molecule has 0 radical (unpaired) electrons. The normalized spacial score (nSPS) is 13.0. The van der Waals surface area contributed by atoms with E-state index < -0.39 is 0 Å². The zero-order valence-corrected chi connectivity index (χ0v) is 13.5. The third-order valence-electron chi connectivity index (χ3n) is 3.36. The molecule has 2 rings (SSSR count). The summed E-state index contributed by atoms with van der Waals surface area (Å²) in [5.41, 5.74) is 1.40. The van der Waals surface area contributed by atoms with Crippen LogP contribution in [0.3, 0.4) is 0 Å². The molecule has 0 saturated heterocycles. The highest BCUT2D eigenvalue weighted by atomic mass is 32.2. The van der Waals surface area contributed by atoms with Crippen LogP contribution in [0.4, 0.5) is 0 Å². The third kappa shape index (κ3) is 4.26. The molecule has 0 heterocycles. The first-order valence-electron chi connectivity index (χ1n) is 7.50. The van der Waals surface area contributed by atoms with Crippen LogP contribution >= 0.6 is 11.8 Å². The van der Waals surface area contributed by atoms with Gasteiger partial charge in [-0.05, 0) is 40.6 Å². The fraction of sp³-hybridized carbons (Fsp3) is 0.444. The van der Waals surface area contributed by atoms with E-state index in [4.69, 9.17) is 0 Å². The van der Waals surface area contributed by atoms with Crippen LogP contribution in [-0.2, 0) is 0 Å². The Bertz CT molecular complexity index is 536. The molecule has 20 heavy (non-hydrogen) atoms. The lowest BCUT2D eigenvalue weighted by molar-refractivity contribution is 0.605. The number of rotatable bonds is 7. The van der Waals surface area contributed by atoms with Crippen molar-refractivity contribution < 1.29 is 0 Å². The van der Waals surface area contributed by atoms with Crippen LogP contribution < -0.4 is 5.32 Å². The lowest BCUT2D eigenvalue weighted by Gasteiger charge is -2.19. The van der Waals surface area contributed by atoms with Crippen molar-refractivity contribution >= 4 is 22.5 Å².